The van der Waals surface area contributed by atoms with E-state index in [0.717, 1.165) is 23.4 Å². The van der Waals surface area contributed by atoms with E-state index < -0.39 is 18.2 Å². The first-order chi connectivity index (χ1) is 15.3. The molecule has 0 unspecified atom stereocenters. The number of ether oxygens (including phenoxy) is 2. The van der Waals surface area contributed by atoms with Crippen LogP contribution in [0.3, 0.4) is 0 Å². The van der Waals surface area contributed by atoms with Gasteiger partial charge in [-0.05, 0) is 48.1 Å². The summed E-state index contributed by atoms with van der Waals surface area (Å²) in [6.45, 7) is 10.2. The van der Waals surface area contributed by atoms with E-state index in [9.17, 15) is 9.90 Å². The van der Waals surface area contributed by atoms with E-state index >= 15 is 0 Å². The molecule has 0 saturated carbocycles. The van der Waals surface area contributed by atoms with Crippen molar-refractivity contribution >= 4 is 6.09 Å². The first kappa shape index (κ1) is 25.7. The number of nitrogens with one attached hydrogen (secondary N) is 2. The molecule has 1 amide bonds. The van der Waals surface area contributed by atoms with Gasteiger partial charge in [-0.3, -0.25) is 0 Å². The number of aliphatic hydroxyl groups is 1. The Labute approximate surface area is 192 Å². The fraction of sp³-hybridized carbons (Fsp3) is 0.500. The summed E-state index contributed by atoms with van der Waals surface area (Å²) in [7, 11) is 0. The average molecular weight is 443 g/mol. The van der Waals surface area contributed by atoms with Crippen LogP contribution in [0.5, 0.6) is 5.75 Å². The molecule has 0 fully saturated rings. The van der Waals surface area contributed by atoms with Crippen LogP contribution in [0.15, 0.2) is 54.6 Å². The van der Waals surface area contributed by atoms with Gasteiger partial charge in [0.25, 0.3) is 0 Å². The zero-order valence-electron chi connectivity index (χ0n) is 19.7. The Morgan fingerprint density at radius 3 is 2.22 bits per heavy atom. The number of hydrogen-bond donors (Lipinski definition) is 3. The van der Waals surface area contributed by atoms with Crippen LogP contribution in [0, 0.1) is 11.8 Å². The van der Waals surface area contributed by atoms with Crippen LogP contribution in [-0.2, 0) is 17.8 Å². The molecule has 0 radical (unpaired) electrons. The van der Waals surface area contributed by atoms with E-state index in [1.807, 2.05) is 68.4 Å². The maximum atomic E-state index is 12.2. The zero-order valence-corrected chi connectivity index (χ0v) is 19.7. The first-order valence-corrected chi connectivity index (χ1v) is 11.4. The highest BCUT2D eigenvalue weighted by atomic mass is 16.5. The quantitative estimate of drug-likeness (QED) is 0.434. The zero-order chi connectivity index (χ0) is 23.3. The summed E-state index contributed by atoms with van der Waals surface area (Å²) >= 11 is 0. The van der Waals surface area contributed by atoms with Crippen molar-refractivity contribution in [1.29, 1.82) is 0 Å². The number of alkyl carbamates (subject to hydrolysis) is 1. The predicted octanol–water partition coefficient (Wildman–Crippen LogP) is 4.17. The van der Waals surface area contributed by atoms with Gasteiger partial charge in [0.05, 0.1) is 18.8 Å². The third-order valence-electron chi connectivity index (χ3n) is 4.85. The normalized spacial score (nSPS) is 13.1. The number of amides is 1. The molecule has 2 aromatic carbocycles. The molecule has 0 aliphatic rings. The lowest BCUT2D eigenvalue weighted by molar-refractivity contribution is 0.0978. The van der Waals surface area contributed by atoms with Gasteiger partial charge in [-0.2, -0.15) is 0 Å². The molecule has 0 saturated heterocycles. The second kappa shape index (κ2) is 13.8. The van der Waals surface area contributed by atoms with Crippen LogP contribution in [0.1, 0.15) is 38.8 Å². The number of carbonyl (C=O) groups is 1. The van der Waals surface area contributed by atoms with Crippen molar-refractivity contribution in [1.82, 2.24) is 10.6 Å². The standard InChI is InChI=1S/C26H38N2O4/c1-19(2)15-27-16-25(29)24(28-26(30)32-17-20(3)4)14-21-10-12-23(13-11-21)31-18-22-8-6-5-7-9-22/h5-13,19-20,24-25,27,29H,14-18H2,1-4H3,(H,28,30)/t24-,25-/m0/s1. The Kier molecular flexibility index (Phi) is 11.0. The molecule has 6 nitrogen and oxygen atoms in total. The maximum Gasteiger partial charge on any atom is 0.407 e. The van der Waals surface area contributed by atoms with Crippen molar-refractivity contribution in [2.24, 2.45) is 11.8 Å². The molecular weight excluding hydrogens is 404 g/mol. The summed E-state index contributed by atoms with van der Waals surface area (Å²) < 4.78 is 11.1. The minimum Gasteiger partial charge on any atom is -0.489 e. The predicted molar refractivity (Wildman–Crippen MR) is 128 cm³/mol. The Morgan fingerprint density at radius 1 is 0.906 bits per heavy atom. The van der Waals surface area contributed by atoms with Gasteiger partial charge in [-0.15, -0.1) is 0 Å². The third-order valence-corrected chi connectivity index (χ3v) is 4.85. The highest BCUT2D eigenvalue weighted by Crippen LogP contribution is 2.16. The van der Waals surface area contributed by atoms with Crippen molar-refractivity contribution in [3.63, 3.8) is 0 Å². The lowest BCUT2D eigenvalue weighted by Crippen LogP contribution is -2.49. The lowest BCUT2D eigenvalue weighted by atomic mass is 10.0. The number of benzene rings is 2. The summed E-state index contributed by atoms with van der Waals surface area (Å²) in [6, 6.07) is 17.3. The Morgan fingerprint density at radius 2 is 1.59 bits per heavy atom. The van der Waals surface area contributed by atoms with E-state index in [1.165, 1.54) is 0 Å². The van der Waals surface area contributed by atoms with Gasteiger partial charge in [-0.1, -0.05) is 70.2 Å². The SMILES string of the molecule is CC(C)CNC[C@H](O)[C@H](Cc1ccc(OCc2ccccc2)cc1)NC(=O)OCC(C)C. The number of rotatable bonds is 13. The van der Waals surface area contributed by atoms with E-state index in [4.69, 9.17) is 9.47 Å². The molecule has 0 heterocycles. The molecule has 2 rings (SSSR count). The molecule has 6 heteroatoms. The Balaban J connectivity index is 1.95. The largest absolute Gasteiger partial charge is 0.489 e. The number of hydrogen-bond acceptors (Lipinski definition) is 5. The average Bonchev–Trinajstić information content (AvgIpc) is 2.77. The monoisotopic (exact) mass is 442 g/mol. The first-order valence-electron chi connectivity index (χ1n) is 11.4. The van der Waals surface area contributed by atoms with Gasteiger partial charge < -0.3 is 25.2 Å². The molecule has 0 aliphatic carbocycles. The highest BCUT2D eigenvalue weighted by Gasteiger charge is 2.22. The van der Waals surface area contributed by atoms with Gasteiger partial charge in [0, 0.05) is 6.54 Å². The summed E-state index contributed by atoms with van der Waals surface area (Å²) in [4.78, 5) is 12.2. The van der Waals surface area contributed by atoms with Crippen LogP contribution in [0.2, 0.25) is 0 Å². The van der Waals surface area contributed by atoms with Crippen LogP contribution in [-0.4, -0.2) is 43.0 Å². The van der Waals surface area contributed by atoms with E-state index in [2.05, 4.69) is 24.5 Å². The fourth-order valence-corrected chi connectivity index (χ4v) is 3.10. The summed E-state index contributed by atoms with van der Waals surface area (Å²) in [5.74, 6) is 1.51. The Bertz CT molecular complexity index is 778. The van der Waals surface area contributed by atoms with E-state index in [1.54, 1.807) is 0 Å². The van der Waals surface area contributed by atoms with Crippen molar-refractivity contribution < 1.29 is 19.4 Å². The van der Waals surface area contributed by atoms with Crippen molar-refractivity contribution in [3.8, 4) is 5.75 Å². The molecule has 2 atom stereocenters. The molecule has 2 aromatic rings. The number of carbonyl (C=O) groups excluding carboxylic acids is 1. The van der Waals surface area contributed by atoms with Crippen molar-refractivity contribution in [3.05, 3.63) is 65.7 Å². The van der Waals surface area contributed by atoms with Crippen LogP contribution in [0.25, 0.3) is 0 Å². The molecule has 0 spiro atoms. The molecule has 32 heavy (non-hydrogen) atoms. The Hall–Kier alpha value is -2.57. The van der Waals surface area contributed by atoms with E-state index in [0.29, 0.717) is 32.1 Å². The minimum atomic E-state index is -0.741. The van der Waals surface area contributed by atoms with Crippen molar-refractivity contribution in [2.45, 2.75) is 52.9 Å². The molecule has 3 N–H and O–H groups in total. The summed E-state index contributed by atoms with van der Waals surface area (Å²) in [5.41, 5.74) is 2.10. The van der Waals surface area contributed by atoms with Gasteiger partial charge in [0.1, 0.15) is 12.4 Å². The molecular formula is C26H38N2O4. The van der Waals surface area contributed by atoms with Gasteiger partial charge in [0.15, 0.2) is 0 Å². The van der Waals surface area contributed by atoms with Crippen LogP contribution >= 0.6 is 0 Å². The topological polar surface area (TPSA) is 79.8 Å². The van der Waals surface area contributed by atoms with Crippen LogP contribution < -0.4 is 15.4 Å². The second-order valence-electron chi connectivity index (χ2n) is 8.98. The number of aliphatic hydroxyl groups excluding tert-OH is 1. The fourth-order valence-electron chi connectivity index (χ4n) is 3.10. The van der Waals surface area contributed by atoms with Gasteiger partial charge in [0.2, 0.25) is 0 Å². The lowest BCUT2D eigenvalue weighted by Gasteiger charge is -2.25. The minimum absolute atomic E-state index is 0.250. The smallest absolute Gasteiger partial charge is 0.407 e. The van der Waals surface area contributed by atoms with Gasteiger partial charge >= 0.3 is 6.09 Å². The van der Waals surface area contributed by atoms with Crippen LogP contribution in [0.4, 0.5) is 4.79 Å². The summed E-state index contributed by atoms with van der Waals surface area (Å²) in [6.07, 6.45) is -0.760. The highest BCUT2D eigenvalue weighted by molar-refractivity contribution is 5.67. The second-order valence-corrected chi connectivity index (χ2v) is 8.98. The van der Waals surface area contributed by atoms with Crippen molar-refractivity contribution in [2.75, 3.05) is 19.7 Å². The molecule has 176 valence electrons. The third kappa shape index (κ3) is 10.2. The summed E-state index contributed by atoms with van der Waals surface area (Å²) in [5, 5.41) is 16.8. The molecule has 0 aliphatic heterocycles. The maximum absolute atomic E-state index is 12.2. The molecule has 0 aromatic heterocycles. The molecule has 0 bridgehead atoms. The van der Waals surface area contributed by atoms with E-state index in [-0.39, 0.29) is 5.92 Å². The van der Waals surface area contributed by atoms with Gasteiger partial charge in [-0.25, -0.2) is 4.79 Å².